The Labute approximate surface area is 721 Å². The predicted octanol–water partition coefficient (Wildman–Crippen LogP) is 29.7. The van der Waals surface area contributed by atoms with Gasteiger partial charge in [-0.1, -0.05) is 236 Å². The molecule has 12 aliphatic carbocycles. The lowest BCUT2D eigenvalue weighted by molar-refractivity contribution is -0.225. The summed E-state index contributed by atoms with van der Waals surface area (Å²) in [7, 11) is 0. The van der Waals surface area contributed by atoms with Crippen LogP contribution in [0.15, 0.2) is 0 Å². The van der Waals surface area contributed by atoms with Gasteiger partial charge in [0.2, 0.25) is 0 Å². The zero-order valence-electron chi connectivity index (χ0n) is 79.1. The van der Waals surface area contributed by atoms with Crippen LogP contribution in [0.1, 0.15) is 493 Å². The monoisotopic (exact) mass is 1620 g/mol. The Balaban J connectivity index is 0.985. The highest BCUT2D eigenvalue weighted by Crippen LogP contribution is 2.68. The minimum Gasteiger partial charge on any atom is -0.378 e. The van der Waals surface area contributed by atoms with Gasteiger partial charge in [0.1, 0.15) is 0 Å². The highest BCUT2D eigenvalue weighted by molar-refractivity contribution is 5.19. The first-order chi connectivity index (χ1) is 57.0. The first kappa shape index (κ1) is 94.8. The van der Waals surface area contributed by atoms with E-state index in [0.29, 0.717) is 72.8 Å². The van der Waals surface area contributed by atoms with E-state index in [2.05, 4.69) is 88.8 Å². The molecule has 12 fully saturated rings. The average molecular weight is 1620 g/mol. The van der Waals surface area contributed by atoms with Gasteiger partial charge in [-0.05, 0) is 328 Å². The smallest absolute Gasteiger partial charge is 0.0576 e. The summed E-state index contributed by atoms with van der Waals surface area (Å²) in [5, 5.41) is 0. The van der Waals surface area contributed by atoms with Crippen molar-refractivity contribution in [3.8, 4) is 0 Å². The van der Waals surface area contributed by atoms with Crippen LogP contribution in [0.2, 0.25) is 0 Å². The van der Waals surface area contributed by atoms with Crippen molar-refractivity contribution >= 4 is 0 Å². The van der Waals surface area contributed by atoms with Crippen molar-refractivity contribution < 1.29 is 18.9 Å². The molecule has 0 amide bonds. The summed E-state index contributed by atoms with van der Waals surface area (Å²) in [5.41, 5.74) is 0. The molecular weight excluding hydrogens is 1420 g/mol. The number of rotatable bonds is 50. The van der Waals surface area contributed by atoms with Gasteiger partial charge in [0.05, 0.1) is 24.4 Å². The lowest BCUT2D eigenvalue weighted by Gasteiger charge is -2.72. The van der Waals surface area contributed by atoms with Crippen LogP contribution in [0.4, 0.5) is 0 Å². The second-order valence-electron chi connectivity index (χ2n) is 44.4. The predicted molar refractivity (Wildman–Crippen MR) is 495 cm³/mol. The fourth-order valence-corrected chi connectivity index (χ4v) is 29.7. The van der Waals surface area contributed by atoms with E-state index in [1.807, 2.05) is 0 Å². The van der Waals surface area contributed by atoms with Gasteiger partial charge in [-0.25, -0.2) is 0 Å². The molecule has 116 heavy (non-hydrogen) atoms. The van der Waals surface area contributed by atoms with Crippen molar-refractivity contribution in [2.24, 2.45) is 71.0 Å². The van der Waals surface area contributed by atoms with Crippen LogP contribution in [-0.2, 0) is 18.9 Å². The molecule has 674 valence electrons. The molecular formula is C108H198N4O4. The van der Waals surface area contributed by atoms with Crippen LogP contribution in [0.25, 0.3) is 0 Å². The van der Waals surface area contributed by atoms with Gasteiger partial charge in [-0.15, -0.1) is 0 Å². The molecule has 8 heteroatoms. The van der Waals surface area contributed by atoms with Gasteiger partial charge < -0.3 is 18.9 Å². The lowest BCUT2D eigenvalue weighted by Crippen LogP contribution is -2.74. The number of hydrogen-bond donors (Lipinski definition) is 0. The van der Waals surface area contributed by atoms with Crippen LogP contribution in [0.3, 0.4) is 0 Å². The molecule has 12 unspecified atom stereocenters. The molecule has 0 N–H and O–H groups in total. The van der Waals surface area contributed by atoms with Gasteiger partial charge in [0.25, 0.3) is 0 Å². The summed E-state index contributed by atoms with van der Waals surface area (Å²) in [4.78, 5) is 14.6. The van der Waals surface area contributed by atoms with Crippen LogP contribution >= 0.6 is 0 Å². The molecule has 8 nitrogen and oxygen atoms in total. The van der Waals surface area contributed by atoms with E-state index in [1.165, 1.54) is 411 Å². The summed E-state index contributed by atoms with van der Waals surface area (Å²) in [6, 6.07) is 8.48. The molecule has 12 atom stereocenters. The first-order valence-electron chi connectivity index (χ1n) is 54.6. The van der Waals surface area contributed by atoms with Gasteiger partial charge >= 0.3 is 0 Å². The standard InChI is InChI=1S/C108H198N4O4/c1-11-17-23-27-31-35-73-113-95-65-57-91(58-66-95)109(87-49-41-81(7)42-50-87)101-79-103(111(89-53-45-83(9)46-54-89)93-61-69-97(70-62-93)115-75-37-33-29-25-19-13-3)105-86(40-22-16-6)78-100-102(110(88-51-43-82(8)44-52-88)92-59-67-96(68-60-92)114-74-36-32-28-24-18-12-2)80-104(106-85(39-21-15-5)77-99(101)107(105)108(100)106)112(90-55-47-84(10)48-56-90)94-63-71-98(72-64-94)116-76-38-34-30-26-20-14-4/h81-108H,11-80H2,1-10H3. The lowest BCUT2D eigenvalue weighted by atomic mass is 9.40. The minimum atomic E-state index is 0.460. The topological polar surface area (TPSA) is 49.9 Å². The van der Waals surface area contributed by atoms with Gasteiger partial charge in [-0.3, -0.25) is 19.6 Å². The maximum Gasteiger partial charge on any atom is 0.0576 e. The number of hydrogen-bond acceptors (Lipinski definition) is 8. The van der Waals surface area contributed by atoms with Gasteiger partial charge in [0.15, 0.2) is 0 Å². The van der Waals surface area contributed by atoms with E-state index in [1.54, 1.807) is 12.8 Å². The van der Waals surface area contributed by atoms with Gasteiger partial charge in [-0.2, -0.15) is 0 Å². The molecule has 0 aromatic heterocycles. The molecule has 0 aromatic carbocycles. The van der Waals surface area contributed by atoms with E-state index < -0.39 is 0 Å². The zero-order valence-corrected chi connectivity index (χ0v) is 79.1. The van der Waals surface area contributed by atoms with Crippen LogP contribution < -0.4 is 0 Å². The maximum atomic E-state index is 7.11. The van der Waals surface area contributed by atoms with E-state index in [4.69, 9.17) is 18.9 Å². The quantitative estimate of drug-likeness (QED) is 0.0559. The molecule has 0 heterocycles. The Kier molecular flexibility index (Phi) is 42.1. The van der Waals surface area contributed by atoms with E-state index in [9.17, 15) is 0 Å². The molecule has 0 spiro atoms. The summed E-state index contributed by atoms with van der Waals surface area (Å²) >= 11 is 0. The summed E-state index contributed by atoms with van der Waals surface area (Å²) < 4.78 is 28.4. The summed E-state index contributed by atoms with van der Waals surface area (Å²) in [5.74, 6) is 9.98. The molecule has 12 aliphatic rings. The maximum absolute atomic E-state index is 7.11. The zero-order chi connectivity index (χ0) is 80.8. The van der Waals surface area contributed by atoms with Gasteiger partial charge in [0, 0.05) is 98.9 Å². The third-order valence-electron chi connectivity index (χ3n) is 36.1. The van der Waals surface area contributed by atoms with Crippen molar-refractivity contribution in [1.29, 1.82) is 0 Å². The number of ether oxygens (including phenoxy) is 4. The van der Waals surface area contributed by atoms with E-state index in [0.717, 1.165) is 122 Å². The van der Waals surface area contributed by atoms with Crippen LogP contribution in [-0.4, -0.2) is 143 Å². The highest BCUT2D eigenvalue weighted by Gasteiger charge is 2.68. The Morgan fingerprint density at radius 2 is 0.397 bits per heavy atom. The summed E-state index contributed by atoms with van der Waals surface area (Å²) in [6.07, 6.45) is 93.6. The van der Waals surface area contributed by atoms with Crippen LogP contribution in [0.5, 0.6) is 0 Å². The Morgan fingerprint density at radius 1 is 0.198 bits per heavy atom. The molecule has 0 bridgehead atoms. The fourth-order valence-electron chi connectivity index (χ4n) is 29.7. The largest absolute Gasteiger partial charge is 0.378 e. The third kappa shape index (κ3) is 26.9. The van der Waals surface area contributed by atoms with Crippen molar-refractivity contribution in [2.75, 3.05) is 26.4 Å². The Morgan fingerprint density at radius 3 is 0.621 bits per heavy atom. The van der Waals surface area contributed by atoms with Crippen molar-refractivity contribution in [3.63, 3.8) is 0 Å². The molecule has 0 radical (unpaired) electrons. The fraction of sp³-hybridized carbons (Fsp3) is 1.00. The first-order valence-corrected chi connectivity index (χ1v) is 54.6. The molecule has 12 rings (SSSR count). The minimum absolute atomic E-state index is 0.460. The second-order valence-corrected chi connectivity index (χ2v) is 44.4. The van der Waals surface area contributed by atoms with E-state index >= 15 is 0 Å². The van der Waals surface area contributed by atoms with Crippen molar-refractivity contribution in [3.05, 3.63) is 0 Å². The normalized spacial score (nSPS) is 38.6. The van der Waals surface area contributed by atoms with E-state index in [-0.39, 0.29) is 0 Å². The molecule has 0 saturated heterocycles. The van der Waals surface area contributed by atoms with Crippen molar-refractivity contribution in [2.45, 2.75) is 590 Å². The molecule has 0 aromatic rings. The van der Waals surface area contributed by atoms with Crippen LogP contribution in [0, 0.1) is 71.0 Å². The average Bonchev–Trinajstić information content (AvgIpc) is 0.689. The summed E-state index contributed by atoms with van der Waals surface area (Å²) in [6.45, 7) is 29.3. The number of unbranched alkanes of at least 4 members (excludes halogenated alkanes) is 22. The SMILES string of the molecule is CCCCCCCCOC1CCC(N(C2CCC(C)CC2)C2CC(N(C3CCC(C)CC3)C3CCC(OCCCCCCCC)CC3)C3C(CCCC)CC4C5C3C2CC(CCCC)C5C(N(C2CCC(C)CC2)C2CCC(OCCCCCCCC)CC2)CC4N(C2CCC(C)CC2)C2CCC(OCCCCCCCC)CC2)CC1. The molecule has 0 aliphatic heterocycles. The molecule has 12 saturated carbocycles. The highest BCUT2D eigenvalue weighted by atomic mass is 16.5. The van der Waals surface area contributed by atoms with Crippen molar-refractivity contribution in [1.82, 2.24) is 19.6 Å². The third-order valence-corrected chi connectivity index (χ3v) is 36.1. The second kappa shape index (κ2) is 51.5. The number of nitrogens with zero attached hydrogens (tertiary/aromatic N) is 4. The Hall–Kier alpha value is -0.320. The Bertz CT molecular complexity index is 2340.